The van der Waals surface area contributed by atoms with Crippen LogP contribution in [0.5, 0.6) is 0 Å². The molecule has 62 valence electrons. The SMILES string of the molecule is C#CCNC(=O)CSCCO. The molecule has 0 aromatic heterocycles. The minimum atomic E-state index is -0.0820. The first-order valence-corrected chi connectivity index (χ1v) is 4.35. The summed E-state index contributed by atoms with van der Waals surface area (Å²) in [6, 6.07) is 0. The Morgan fingerprint density at radius 3 is 3.00 bits per heavy atom. The maximum atomic E-state index is 10.8. The molecule has 2 N–H and O–H groups in total. The molecule has 0 rings (SSSR count). The second-order valence-corrected chi connectivity index (χ2v) is 2.86. The number of nitrogens with one attached hydrogen (secondary N) is 1. The van der Waals surface area contributed by atoms with Crippen LogP contribution in [0.1, 0.15) is 0 Å². The fourth-order valence-corrected chi connectivity index (χ4v) is 0.991. The monoisotopic (exact) mass is 173 g/mol. The van der Waals surface area contributed by atoms with Gasteiger partial charge in [0.25, 0.3) is 0 Å². The van der Waals surface area contributed by atoms with Gasteiger partial charge in [-0.05, 0) is 0 Å². The van der Waals surface area contributed by atoms with Gasteiger partial charge >= 0.3 is 0 Å². The van der Waals surface area contributed by atoms with Crippen LogP contribution in [0.3, 0.4) is 0 Å². The van der Waals surface area contributed by atoms with Crippen molar-refractivity contribution in [3.05, 3.63) is 0 Å². The lowest BCUT2D eigenvalue weighted by molar-refractivity contribution is -0.118. The average Bonchev–Trinajstić information content (AvgIpc) is 2.01. The fourth-order valence-electron chi connectivity index (χ4n) is 0.430. The standard InChI is InChI=1S/C7H11NO2S/c1-2-3-8-7(10)6-11-5-4-9/h1,9H,3-6H2,(H,8,10). The molecular formula is C7H11NO2S. The smallest absolute Gasteiger partial charge is 0.230 e. The van der Waals surface area contributed by atoms with E-state index in [-0.39, 0.29) is 19.1 Å². The third kappa shape index (κ3) is 7.23. The number of rotatable bonds is 5. The van der Waals surface area contributed by atoms with Gasteiger partial charge in [0.15, 0.2) is 0 Å². The van der Waals surface area contributed by atoms with E-state index in [1.807, 2.05) is 0 Å². The molecule has 0 atom stereocenters. The molecular weight excluding hydrogens is 162 g/mol. The van der Waals surface area contributed by atoms with Gasteiger partial charge in [0.05, 0.1) is 18.9 Å². The van der Waals surface area contributed by atoms with Gasteiger partial charge in [-0.3, -0.25) is 4.79 Å². The Morgan fingerprint density at radius 1 is 1.73 bits per heavy atom. The number of aliphatic hydroxyl groups excluding tert-OH is 1. The topological polar surface area (TPSA) is 49.3 Å². The summed E-state index contributed by atoms with van der Waals surface area (Å²) in [7, 11) is 0. The highest BCUT2D eigenvalue weighted by Crippen LogP contribution is 1.96. The lowest BCUT2D eigenvalue weighted by atomic mass is 10.6. The predicted molar refractivity (Wildman–Crippen MR) is 46.3 cm³/mol. The molecule has 0 bridgehead atoms. The van der Waals surface area contributed by atoms with E-state index in [0.29, 0.717) is 11.5 Å². The van der Waals surface area contributed by atoms with E-state index in [9.17, 15) is 4.79 Å². The summed E-state index contributed by atoms with van der Waals surface area (Å²) in [6.45, 7) is 0.381. The fraction of sp³-hybridized carbons (Fsp3) is 0.571. The molecule has 0 unspecified atom stereocenters. The quantitative estimate of drug-likeness (QED) is 0.434. The third-order valence-electron chi connectivity index (χ3n) is 0.856. The Morgan fingerprint density at radius 2 is 2.45 bits per heavy atom. The maximum absolute atomic E-state index is 10.8. The van der Waals surface area contributed by atoms with Crippen molar-refractivity contribution in [2.75, 3.05) is 24.7 Å². The predicted octanol–water partition coefficient (Wildman–Crippen LogP) is -0.539. The minimum Gasteiger partial charge on any atom is -0.396 e. The third-order valence-corrected chi connectivity index (χ3v) is 1.79. The molecule has 1 amide bonds. The molecule has 0 aliphatic carbocycles. The number of carbonyl (C=O) groups is 1. The molecule has 0 spiro atoms. The van der Waals surface area contributed by atoms with Crippen LogP contribution in [-0.2, 0) is 4.79 Å². The first kappa shape index (κ1) is 10.3. The molecule has 0 saturated carbocycles. The van der Waals surface area contributed by atoms with E-state index in [1.165, 1.54) is 11.8 Å². The number of hydrogen-bond donors (Lipinski definition) is 2. The Labute approximate surface area is 70.6 Å². The van der Waals surface area contributed by atoms with Gasteiger partial charge in [0, 0.05) is 5.75 Å². The molecule has 0 aromatic carbocycles. The van der Waals surface area contributed by atoms with Gasteiger partial charge in [-0.15, -0.1) is 18.2 Å². The zero-order valence-corrected chi connectivity index (χ0v) is 6.99. The first-order chi connectivity index (χ1) is 5.31. The first-order valence-electron chi connectivity index (χ1n) is 3.20. The lowest BCUT2D eigenvalue weighted by Gasteiger charge is -1.99. The molecule has 0 aliphatic rings. The summed E-state index contributed by atoms with van der Waals surface area (Å²) < 4.78 is 0. The number of hydrogen-bond acceptors (Lipinski definition) is 3. The van der Waals surface area contributed by atoms with E-state index >= 15 is 0 Å². The molecule has 0 aliphatic heterocycles. The van der Waals surface area contributed by atoms with E-state index in [2.05, 4.69) is 11.2 Å². The number of thioether (sulfide) groups is 1. The van der Waals surface area contributed by atoms with Crippen molar-refractivity contribution in [3.63, 3.8) is 0 Å². The Kier molecular flexibility index (Phi) is 7.00. The van der Waals surface area contributed by atoms with Crippen molar-refractivity contribution >= 4 is 17.7 Å². The van der Waals surface area contributed by atoms with Crippen molar-refractivity contribution in [3.8, 4) is 12.3 Å². The zero-order chi connectivity index (χ0) is 8.53. The summed E-state index contributed by atoms with van der Waals surface area (Å²) in [5, 5.41) is 10.9. The Bertz CT molecular complexity index is 153. The zero-order valence-electron chi connectivity index (χ0n) is 6.17. The summed E-state index contributed by atoms with van der Waals surface area (Å²) in [5.41, 5.74) is 0. The second-order valence-electron chi connectivity index (χ2n) is 1.76. The van der Waals surface area contributed by atoms with E-state index in [4.69, 9.17) is 11.5 Å². The van der Waals surface area contributed by atoms with E-state index in [1.54, 1.807) is 0 Å². The maximum Gasteiger partial charge on any atom is 0.230 e. The van der Waals surface area contributed by atoms with Gasteiger partial charge < -0.3 is 10.4 Å². The highest BCUT2D eigenvalue weighted by atomic mass is 32.2. The van der Waals surface area contributed by atoms with Crippen molar-refractivity contribution < 1.29 is 9.90 Å². The number of carbonyl (C=O) groups excluding carboxylic acids is 1. The molecule has 0 fully saturated rings. The number of terminal acetylenes is 1. The number of aliphatic hydroxyl groups is 1. The highest BCUT2D eigenvalue weighted by Gasteiger charge is 1.97. The Balaban J connectivity index is 3.17. The Hall–Kier alpha value is -0.660. The number of amides is 1. The van der Waals surface area contributed by atoms with Crippen molar-refractivity contribution in [2.45, 2.75) is 0 Å². The second kappa shape index (κ2) is 7.45. The van der Waals surface area contributed by atoms with Crippen molar-refractivity contribution in [1.82, 2.24) is 5.32 Å². The average molecular weight is 173 g/mol. The van der Waals surface area contributed by atoms with Crippen LogP contribution in [0.25, 0.3) is 0 Å². The van der Waals surface area contributed by atoms with Crippen LogP contribution < -0.4 is 5.32 Å². The highest BCUT2D eigenvalue weighted by molar-refractivity contribution is 7.99. The van der Waals surface area contributed by atoms with Crippen LogP contribution in [-0.4, -0.2) is 35.7 Å². The van der Waals surface area contributed by atoms with Gasteiger partial charge in [-0.1, -0.05) is 5.92 Å². The summed E-state index contributed by atoms with van der Waals surface area (Å²) in [5.74, 6) is 3.17. The van der Waals surface area contributed by atoms with Gasteiger partial charge in [0.2, 0.25) is 5.91 Å². The van der Waals surface area contributed by atoms with Gasteiger partial charge in [-0.25, -0.2) is 0 Å². The molecule has 0 heterocycles. The van der Waals surface area contributed by atoms with Gasteiger partial charge in [0.1, 0.15) is 0 Å². The van der Waals surface area contributed by atoms with Crippen LogP contribution in [0.4, 0.5) is 0 Å². The van der Waals surface area contributed by atoms with Crippen LogP contribution >= 0.6 is 11.8 Å². The van der Waals surface area contributed by atoms with Crippen molar-refractivity contribution in [1.29, 1.82) is 0 Å². The van der Waals surface area contributed by atoms with Crippen LogP contribution in [0.2, 0.25) is 0 Å². The summed E-state index contributed by atoms with van der Waals surface area (Å²) >= 11 is 1.38. The summed E-state index contributed by atoms with van der Waals surface area (Å²) in [4.78, 5) is 10.8. The summed E-state index contributed by atoms with van der Waals surface area (Å²) in [6.07, 6.45) is 4.92. The lowest BCUT2D eigenvalue weighted by Crippen LogP contribution is -2.25. The van der Waals surface area contributed by atoms with E-state index < -0.39 is 0 Å². The molecule has 3 nitrogen and oxygen atoms in total. The molecule has 0 aromatic rings. The normalized spacial score (nSPS) is 8.73. The van der Waals surface area contributed by atoms with Crippen LogP contribution in [0.15, 0.2) is 0 Å². The van der Waals surface area contributed by atoms with Crippen LogP contribution in [0, 0.1) is 12.3 Å². The van der Waals surface area contributed by atoms with Gasteiger partial charge in [-0.2, -0.15) is 0 Å². The molecule has 4 heteroatoms. The van der Waals surface area contributed by atoms with E-state index in [0.717, 1.165) is 0 Å². The molecule has 0 radical (unpaired) electrons. The minimum absolute atomic E-state index is 0.0820. The largest absolute Gasteiger partial charge is 0.396 e. The molecule has 0 saturated heterocycles. The van der Waals surface area contributed by atoms with Crippen molar-refractivity contribution in [2.24, 2.45) is 0 Å². The molecule has 11 heavy (non-hydrogen) atoms.